The number of rotatable bonds is 3. The minimum Gasteiger partial charge on any atom is -0.323 e. The zero-order chi connectivity index (χ0) is 16.6. The second kappa shape index (κ2) is 6.23. The fourth-order valence-corrected chi connectivity index (χ4v) is 3.00. The minimum absolute atomic E-state index is 0.245. The number of hydrogen-bond acceptors (Lipinski definition) is 2. The lowest BCUT2D eigenvalue weighted by molar-refractivity contribution is 0.683. The molecule has 0 saturated carbocycles. The molecule has 3 rings (SSSR count). The van der Waals surface area contributed by atoms with Gasteiger partial charge in [0.25, 0.3) is 0 Å². The molecule has 0 aliphatic heterocycles. The maximum absolute atomic E-state index is 9.31. The number of fused-ring (bicyclic) bond motifs is 1. The monoisotopic (exact) mass is 343 g/mol. The standard InChI is InChI=1S/C18H15Cl2N3/c1-11(2)18-22-16-7-14(19)15(20)8-17(16)23(18)10-13-6-4-3-5-12(13)9-21/h3-8,11H,10H2,1-2H3. The van der Waals surface area contributed by atoms with E-state index in [2.05, 4.69) is 24.5 Å². The van der Waals surface area contributed by atoms with E-state index in [0.717, 1.165) is 22.4 Å². The fraction of sp³-hybridized carbons (Fsp3) is 0.222. The summed E-state index contributed by atoms with van der Waals surface area (Å²) in [6, 6.07) is 13.5. The Kier molecular flexibility index (Phi) is 4.30. The second-order valence-electron chi connectivity index (χ2n) is 5.73. The first kappa shape index (κ1) is 15.9. The molecule has 0 amide bonds. The smallest absolute Gasteiger partial charge is 0.112 e. The van der Waals surface area contributed by atoms with Crippen LogP contribution in [-0.2, 0) is 6.54 Å². The number of benzene rings is 2. The second-order valence-corrected chi connectivity index (χ2v) is 6.55. The fourth-order valence-electron chi connectivity index (χ4n) is 2.68. The lowest BCUT2D eigenvalue weighted by atomic mass is 10.1. The number of aromatic nitrogens is 2. The Hall–Kier alpha value is -2.02. The largest absolute Gasteiger partial charge is 0.323 e. The quantitative estimate of drug-likeness (QED) is 0.639. The van der Waals surface area contributed by atoms with Crippen LogP contribution in [0.1, 0.15) is 36.7 Å². The van der Waals surface area contributed by atoms with E-state index in [1.165, 1.54) is 0 Å². The van der Waals surface area contributed by atoms with Crippen molar-refractivity contribution in [2.75, 3.05) is 0 Å². The van der Waals surface area contributed by atoms with Gasteiger partial charge in [-0.25, -0.2) is 4.98 Å². The van der Waals surface area contributed by atoms with Crippen LogP contribution in [-0.4, -0.2) is 9.55 Å². The van der Waals surface area contributed by atoms with Gasteiger partial charge in [-0.3, -0.25) is 0 Å². The van der Waals surface area contributed by atoms with Crippen molar-refractivity contribution in [3.8, 4) is 6.07 Å². The van der Waals surface area contributed by atoms with E-state index in [4.69, 9.17) is 28.2 Å². The lowest BCUT2D eigenvalue weighted by Crippen LogP contribution is -2.07. The van der Waals surface area contributed by atoms with Crippen molar-refractivity contribution >= 4 is 34.2 Å². The molecule has 0 radical (unpaired) electrons. The van der Waals surface area contributed by atoms with Crippen molar-refractivity contribution in [3.63, 3.8) is 0 Å². The van der Waals surface area contributed by atoms with E-state index >= 15 is 0 Å². The van der Waals surface area contributed by atoms with Crippen LogP contribution in [0.15, 0.2) is 36.4 Å². The topological polar surface area (TPSA) is 41.6 Å². The minimum atomic E-state index is 0.245. The predicted molar refractivity (Wildman–Crippen MR) is 94.1 cm³/mol. The molecule has 1 aromatic heterocycles. The van der Waals surface area contributed by atoms with Gasteiger partial charge in [-0.2, -0.15) is 5.26 Å². The van der Waals surface area contributed by atoms with E-state index in [9.17, 15) is 5.26 Å². The predicted octanol–water partition coefficient (Wildman–Crippen LogP) is 5.39. The van der Waals surface area contributed by atoms with Crippen LogP contribution in [0.25, 0.3) is 11.0 Å². The highest BCUT2D eigenvalue weighted by molar-refractivity contribution is 6.42. The van der Waals surface area contributed by atoms with Crippen LogP contribution >= 0.6 is 23.2 Å². The van der Waals surface area contributed by atoms with Gasteiger partial charge < -0.3 is 4.57 Å². The highest BCUT2D eigenvalue weighted by atomic mass is 35.5. The first-order valence-electron chi connectivity index (χ1n) is 7.34. The van der Waals surface area contributed by atoms with Gasteiger partial charge in [-0.05, 0) is 23.8 Å². The van der Waals surface area contributed by atoms with E-state index < -0.39 is 0 Å². The summed E-state index contributed by atoms with van der Waals surface area (Å²) in [4.78, 5) is 4.70. The number of imidazole rings is 1. The third kappa shape index (κ3) is 2.93. The molecule has 0 aliphatic rings. The molecule has 0 aliphatic carbocycles. The molecular formula is C18H15Cl2N3. The number of nitrogens with zero attached hydrogens (tertiary/aromatic N) is 3. The van der Waals surface area contributed by atoms with Gasteiger partial charge in [0, 0.05) is 5.92 Å². The summed E-state index contributed by atoms with van der Waals surface area (Å²) in [6.45, 7) is 4.76. The summed E-state index contributed by atoms with van der Waals surface area (Å²) < 4.78 is 2.11. The Morgan fingerprint density at radius 1 is 1.17 bits per heavy atom. The summed E-state index contributed by atoms with van der Waals surface area (Å²) in [6.07, 6.45) is 0. The number of hydrogen-bond donors (Lipinski definition) is 0. The molecule has 0 fully saturated rings. The van der Waals surface area contributed by atoms with Crippen molar-refractivity contribution in [1.82, 2.24) is 9.55 Å². The summed E-state index contributed by atoms with van der Waals surface area (Å²) in [5, 5.41) is 10.3. The van der Waals surface area contributed by atoms with E-state index in [-0.39, 0.29) is 5.92 Å². The highest BCUT2D eigenvalue weighted by Crippen LogP contribution is 2.30. The molecule has 0 bridgehead atoms. The van der Waals surface area contributed by atoms with Gasteiger partial charge in [-0.1, -0.05) is 55.2 Å². The molecule has 0 atom stereocenters. The van der Waals surface area contributed by atoms with E-state index in [1.54, 1.807) is 6.07 Å². The third-order valence-corrected chi connectivity index (χ3v) is 4.52. The SMILES string of the molecule is CC(C)c1nc2cc(Cl)c(Cl)cc2n1Cc1ccccc1C#N. The molecule has 5 heteroatoms. The maximum atomic E-state index is 9.31. The van der Waals surface area contributed by atoms with Crippen molar-refractivity contribution in [1.29, 1.82) is 5.26 Å². The van der Waals surface area contributed by atoms with Crippen molar-refractivity contribution in [2.45, 2.75) is 26.3 Å². The van der Waals surface area contributed by atoms with Gasteiger partial charge in [0.1, 0.15) is 5.82 Å². The number of halogens is 2. The molecule has 0 N–H and O–H groups in total. The molecule has 0 spiro atoms. The summed E-state index contributed by atoms with van der Waals surface area (Å²) >= 11 is 12.3. The summed E-state index contributed by atoms with van der Waals surface area (Å²) in [5.41, 5.74) is 3.37. The Morgan fingerprint density at radius 2 is 1.87 bits per heavy atom. The molecule has 116 valence electrons. The Labute approximate surface area is 145 Å². The van der Waals surface area contributed by atoms with E-state index in [0.29, 0.717) is 22.2 Å². The lowest BCUT2D eigenvalue weighted by Gasteiger charge is -2.12. The molecular weight excluding hydrogens is 329 g/mol. The van der Waals surface area contributed by atoms with Crippen LogP contribution in [0, 0.1) is 11.3 Å². The molecule has 0 saturated heterocycles. The van der Waals surface area contributed by atoms with Crippen molar-refractivity contribution in [2.24, 2.45) is 0 Å². The average molecular weight is 344 g/mol. The zero-order valence-corrected chi connectivity index (χ0v) is 14.4. The van der Waals surface area contributed by atoms with Gasteiger partial charge in [-0.15, -0.1) is 0 Å². The molecule has 23 heavy (non-hydrogen) atoms. The van der Waals surface area contributed by atoms with Gasteiger partial charge in [0.2, 0.25) is 0 Å². The maximum Gasteiger partial charge on any atom is 0.112 e. The molecule has 0 unspecified atom stereocenters. The molecule has 1 heterocycles. The van der Waals surface area contributed by atoms with Crippen LogP contribution in [0.5, 0.6) is 0 Å². The van der Waals surface area contributed by atoms with Crippen LogP contribution in [0.2, 0.25) is 10.0 Å². The zero-order valence-electron chi connectivity index (χ0n) is 12.8. The van der Waals surface area contributed by atoms with Crippen molar-refractivity contribution < 1.29 is 0 Å². The average Bonchev–Trinajstić information content (AvgIpc) is 2.86. The highest BCUT2D eigenvalue weighted by Gasteiger charge is 2.16. The van der Waals surface area contributed by atoms with Crippen molar-refractivity contribution in [3.05, 3.63) is 63.4 Å². The Balaban J connectivity index is 2.21. The van der Waals surface area contributed by atoms with Crippen LogP contribution < -0.4 is 0 Å². The van der Waals surface area contributed by atoms with Gasteiger partial charge in [0.15, 0.2) is 0 Å². The molecule has 2 aromatic carbocycles. The Morgan fingerprint density at radius 3 is 2.57 bits per heavy atom. The summed E-state index contributed by atoms with van der Waals surface area (Å²) in [7, 11) is 0. The van der Waals surface area contributed by atoms with Gasteiger partial charge in [0.05, 0.1) is 39.3 Å². The first-order chi connectivity index (χ1) is 11.0. The molecule has 3 nitrogen and oxygen atoms in total. The summed E-state index contributed by atoms with van der Waals surface area (Å²) in [5.74, 6) is 1.19. The van der Waals surface area contributed by atoms with E-state index in [1.807, 2.05) is 30.3 Å². The van der Waals surface area contributed by atoms with Gasteiger partial charge >= 0.3 is 0 Å². The molecule has 3 aromatic rings. The first-order valence-corrected chi connectivity index (χ1v) is 8.10. The third-order valence-electron chi connectivity index (χ3n) is 3.80. The van der Waals surface area contributed by atoms with Crippen LogP contribution in [0.4, 0.5) is 0 Å². The Bertz CT molecular complexity index is 920. The van der Waals surface area contributed by atoms with Crippen LogP contribution in [0.3, 0.4) is 0 Å². The number of nitriles is 1. The normalized spacial score (nSPS) is 11.1.